The molecular weight excluding hydrogens is 256 g/mol. The van der Waals surface area contributed by atoms with Crippen LogP contribution in [-0.4, -0.2) is 30.6 Å². The summed E-state index contributed by atoms with van der Waals surface area (Å²) in [5.41, 5.74) is 3.31. The predicted molar refractivity (Wildman–Crippen MR) is 93.7 cm³/mol. The lowest BCUT2D eigenvalue weighted by Gasteiger charge is -2.36. The lowest BCUT2D eigenvalue weighted by Crippen LogP contribution is -2.46. The van der Waals surface area contributed by atoms with Gasteiger partial charge in [-0.3, -0.25) is 0 Å². The molecule has 1 atom stereocenters. The second kappa shape index (κ2) is 7.42. The molecule has 0 saturated heterocycles. The first-order chi connectivity index (χ1) is 9.65. The molecule has 0 fully saturated rings. The van der Waals surface area contributed by atoms with Gasteiger partial charge in [0, 0.05) is 25.2 Å². The molecule has 0 aliphatic rings. The van der Waals surface area contributed by atoms with Crippen molar-refractivity contribution in [3.05, 3.63) is 35.4 Å². The zero-order valence-corrected chi connectivity index (χ0v) is 15.1. The highest BCUT2D eigenvalue weighted by atomic mass is 15.1. The first kappa shape index (κ1) is 18.2. The van der Waals surface area contributed by atoms with Gasteiger partial charge in [-0.2, -0.15) is 0 Å². The van der Waals surface area contributed by atoms with Gasteiger partial charge in [-0.1, -0.05) is 38.1 Å². The van der Waals surface area contributed by atoms with Crippen LogP contribution in [0.15, 0.2) is 24.3 Å². The van der Waals surface area contributed by atoms with Crippen LogP contribution in [0.1, 0.15) is 52.2 Å². The topological polar surface area (TPSA) is 15.3 Å². The average Bonchev–Trinajstić information content (AvgIpc) is 2.38. The Morgan fingerprint density at radius 1 is 1.10 bits per heavy atom. The molecule has 1 aromatic carbocycles. The predicted octanol–water partition coefficient (Wildman–Crippen LogP) is 4.23. The van der Waals surface area contributed by atoms with Gasteiger partial charge in [-0.25, -0.2) is 0 Å². The van der Waals surface area contributed by atoms with Crippen molar-refractivity contribution in [2.45, 2.75) is 60.0 Å². The van der Waals surface area contributed by atoms with Crippen molar-refractivity contribution < 1.29 is 0 Å². The van der Waals surface area contributed by atoms with Crippen LogP contribution in [0.2, 0.25) is 0 Å². The summed E-state index contributed by atoms with van der Waals surface area (Å²) in [7, 11) is 2.23. The third-order valence-electron chi connectivity index (χ3n) is 4.25. The van der Waals surface area contributed by atoms with E-state index in [0.29, 0.717) is 5.41 Å². The number of hydrogen-bond donors (Lipinski definition) is 1. The highest BCUT2D eigenvalue weighted by Crippen LogP contribution is 2.23. The van der Waals surface area contributed by atoms with Crippen molar-refractivity contribution in [1.29, 1.82) is 0 Å². The fraction of sp³-hybridized carbons (Fsp3) is 0.684. The molecule has 0 bridgehead atoms. The van der Waals surface area contributed by atoms with E-state index in [2.05, 4.69) is 83.1 Å². The molecule has 0 heterocycles. The lowest BCUT2D eigenvalue weighted by atomic mass is 9.85. The Morgan fingerprint density at radius 2 is 1.71 bits per heavy atom. The summed E-state index contributed by atoms with van der Waals surface area (Å²) in [5.74, 6) is 0. The molecule has 2 nitrogen and oxygen atoms in total. The summed E-state index contributed by atoms with van der Waals surface area (Å²) >= 11 is 0. The molecule has 0 spiro atoms. The lowest BCUT2D eigenvalue weighted by molar-refractivity contribution is 0.163. The molecule has 0 aromatic heterocycles. The summed E-state index contributed by atoms with van der Waals surface area (Å²) in [6.45, 7) is 16.8. The van der Waals surface area contributed by atoms with Crippen molar-refractivity contribution in [3.8, 4) is 0 Å². The normalized spacial score (nSPS) is 15.2. The molecule has 1 rings (SSSR count). The summed E-state index contributed by atoms with van der Waals surface area (Å²) in [6, 6.07) is 8.68. The number of benzene rings is 1. The number of rotatable bonds is 7. The van der Waals surface area contributed by atoms with Gasteiger partial charge in [0.1, 0.15) is 0 Å². The Balaban J connectivity index is 2.61. The van der Waals surface area contributed by atoms with Crippen molar-refractivity contribution in [2.24, 2.45) is 5.41 Å². The third-order valence-corrected chi connectivity index (χ3v) is 4.25. The Kier molecular flexibility index (Phi) is 6.42. The third kappa shape index (κ3) is 6.62. The maximum atomic E-state index is 3.67. The summed E-state index contributed by atoms with van der Waals surface area (Å²) in [5, 5.41) is 3.67. The minimum atomic E-state index is 0.186. The second-order valence-electron chi connectivity index (χ2n) is 7.87. The zero-order valence-electron chi connectivity index (χ0n) is 15.1. The second-order valence-corrected chi connectivity index (χ2v) is 7.87. The van der Waals surface area contributed by atoms with E-state index in [1.54, 1.807) is 0 Å². The molecule has 0 aliphatic carbocycles. The van der Waals surface area contributed by atoms with Gasteiger partial charge >= 0.3 is 0 Å². The average molecular weight is 290 g/mol. The standard InChI is InChI=1S/C19H34N2/c1-8-19(6,14-20-18(3,4)5)15-21(7)13-17-12-10-9-11-16(17)2/h9-12,20H,8,13-15H2,1-7H3. The highest BCUT2D eigenvalue weighted by molar-refractivity contribution is 5.25. The minimum absolute atomic E-state index is 0.186. The van der Waals surface area contributed by atoms with E-state index < -0.39 is 0 Å². The van der Waals surface area contributed by atoms with Gasteiger partial charge in [0.05, 0.1) is 0 Å². The number of hydrogen-bond acceptors (Lipinski definition) is 2. The number of aryl methyl sites for hydroxylation is 1. The van der Waals surface area contributed by atoms with Gasteiger partial charge in [0.2, 0.25) is 0 Å². The van der Waals surface area contributed by atoms with E-state index in [1.807, 2.05) is 0 Å². The molecule has 1 unspecified atom stereocenters. The van der Waals surface area contributed by atoms with Gasteiger partial charge < -0.3 is 10.2 Å². The first-order valence-electron chi connectivity index (χ1n) is 8.13. The maximum absolute atomic E-state index is 3.67. The summed E-state index contributed by atoms with van der Waals surface area (Å²) in [4.78, 5) is 2.45. The van der Waals surface area contributed by atoms with Crippen LogP contribution < -0.4 is 5.32 Å². The Labute approximate surface area is 131 Å². The van der Waals surface area contributed by atoms with E-state index in [0.717, 1.165) is 19.6 Å². The quantitative estimate of drug-likeness (QED) is 0.808. The molecule has 0 amide bonds. The molecule has 21 heavy (non-hydrogen) atoms. The fourth-order valence-electron chi connectivity index (χ4n) is 2.56. The van der Waals surface area contributed by atoms with Crippen molar-refractivity contribution in [2.75, 3.05) is 20.1 Å². The van der Waals surface area contributed by atoms with Crippen molar-refractivity contribution >= 4 is 0 Å². The van der Waals surface area contributed by atoms with E-state index in [9.17, 15) is 0 Å². The van der Waals surface area contributed by atoms with E-state index >= 15 is 0 Å². The smallest absolute Gasteiger partial charge is 0.0233 e. The Morgan fingerprint density at radius 3 is 2.24 bits per heavy atom. The fourth-order valence-corrected chi connectivity index (χ4v) is 2.56. The summed E-state index contributed by atoms with van der Waals surface area (Å²) < 4.78 is 0. The van der Waals surface area contributed by atoms with Crippen LogP contribution in [0.4, 0.5) is 0 Å². The molecule has 0 aliphatic heterocycles. The number of nitrogens with zero attached hydrogens (tertiary/aromatic N) is 1. The minimum Gasteiger partial charge on any atom is -0.311 e. The van der Waals surface area contributed by atoms with Crippen molar-refractivity contribution in [3.63, 3.8) is 0 Å². The molecule has 0 saturated carbocycles. The van der Waals surface area contributed by atoms with Crippen LogP contribution in [0.25, 0.3) is 0 Å². The Hall–Kier alpha value is -0.860. The molecule has 120 valence electrons. The summed E-state index contributed by atoms with van der Waals surface area (Å²) in [6.07, 6.45) is 1.19. The van der Waals surface area contributed by atoms with Gasteiger partial charge in [0.25, 0.3) is 0 Å². The molecule has 2 heteroatoms. The monoisotopic (exact) mass is 290 g/mol. The van der Waals surface area contributed by atoms with Crippen LogP contribution in [0, 0.1) is 12.3 Å². The SMILES string of the molecule is CCC(C)(CNC(C)(C)C)CN(C)Cc1ccccc1C. The van der Waals surface area contributed by atoms with E-state index in [4.69, 9.17) is 0 Å². The van der Waals surface area contributed by atoms with Crippen LogP contribution in [0.5, 0.6) is 0 Å². The van der Waals surface area contributed by atoms with Crippen molar-refractivity contribution in [1.82, 2.24) is 10.2 Å². The van der Waals surface area contributed by atoms with Gasteiger partial charge in [-0.15, -0.1) is 0 Å². The Bertz CT molecular complexity index is 433. The van der Waals surface area contributed by atoms with E-state index in [-0.39, 0.29) is 5.54 Å². The molecular formula is C19H34N2. The molecule has 0 radical (unpaired) electrons. The molecule has 1 aromatic rings. The largest absolute Gasteiger partial charge is 0.311 e. The van der Waals surface area contributed by atoms with Gasteiger partial charge in [-0.05, 0) is 57.7 Å². The maximum Gasteiger partial charge on any atom is 0.0233 e. The van der Waals surface area contributed by atoms with E-state index in [1.165, 1.54) is 17.5 Å². The van der Waals surface area contributed by atoms with Gasteiger partial charge in [0.15, 0.2) is 0 Å². The van der Waals surface area contributed by atoms with Crippen LogP contribution in [-0.2, 0) is 6.54 Å². The van der Waals surface area contributed by atoms with Crippen LogP contribution in [0.3, 0.4) is 0 Å². The van der Waals surface area contributed by atoms with Crippen LogP contribution >= 0.6 is 0 Å². The first-order valence-corrected chi connectivity index (χ1v) is 8.13. The zero-order chi connectivity index (χ0) is 16.1. The molecule has 1 N–H and O–H groups in total. The number of nitrogens with one attached hydrogen (secondary N) is 1. The highest BCUT2D eigenvalue weighted by Gasteiger charge is 2.26.